The number of anilines is 1. The Morgan fingerprint density at radius 1 is 0.917 bits per heavy atom. The highest BCUT2D eigenvalue weighted by Gasteiger charge is 2.60. The van der Waals surface area contributed by atoms with Crippen LogP contribution >= 0.6 is 11.6 Å². The number of nitrogens with zero attached hydrogens (tertiary/aromatic N) is 1. The minimum atomic E-state index is -0.898. The number of fused-ring (bicyclic) bond motifs is 5. The van der Waals surface area contributed by atoms with Crippen molar-refractivity contribution < 1.29 is 23.9 Å². The van der Waals surface area contributed by atoms with E-state index in [4.69, 9.17) is 21.1 Å². The Hall–Kier alpha value is -3.90. The van der Waals surface area contributed by atoms with Crippen LogP contribution in [-0.4, -0.2) is 24.9 Å². The molecule has 0 radical (unpaired) electrons. The van der Waals surface area contributed by atoms with Gasteiger partial charge in [0.15, 0.2) is 0 Å². The van der Waals surface area contributed by atoms with Gasteiger partial charge in [-0.25, -0.2) is 4.90 Å². The van der Waals surface area contributed by atoms with Crippen molar-refractivity contribution in [1.82, 2.24) is 0 Å². The maximum atomic E-state index is 13.9. The lowest BCUT2D eigenvalue weighted by Gasteiger charge is -2.38. The summed E-state index contributed by atoms with van der Waals surface area (Å²) in [5.41, 5.74) is 3.70. The SMILES string of the molecule is COc1ccc([C@@H]2C=C3c4ccc(C)cc4OC(=O)[C@@H]3[C@H]3C(=O)N(c4cccc(Cl)c4)C(=O)[C@@H]32)cc1. The second-order valence-corrected chi connectivity index (χ2v) is 9.80. The number of halogens is 1. The molecule has 0 spiro atoms. The van der Waals surface area contributed by atoms with Crippen LogP contribution in [0.5, 0.6) is 11.5 Å². The van der Waals surface area contributed by atoms with Crippen LogP contribution in [0.2, 0.25) is 5.02 Å². The zero-order valence-corrected chi connectivity index (χ0v) is 20.4. The third-order valence-corrected chi connectivity index (χ3v) is 7.55. The van der Waals surface area contributed by atoms with Crippen molar-refractivity contribution in [1.29, 1.82) is 0 Å². The summed E-state index contributed by atoms with van der Waals surface area (Å²) in [6, 6.07) is 19.8. The topological polar surface area (TPSA) is 72.9 Å². The molecule has 6 rings (SSSR count). The zero-order valence-electron chi connectivity index (χ0n) is 19.6. The van der Waals surface area contributed by atoms with E-state index in [1.54, 1.807) is 31.4 Å². The molecule has 1 aliphatic carbocycles. The van der Waals surface area contributed by atoms with Crippen LogP contribution in [0.1, 0.15) is 22.6 Å². The van der Waals surface area contributed by atoms with Gasteiger partial charge in [0.1, 0.15) is 11.5 Å². The Morgan fingerprint density at radius 2 is 1.67 bits per heavy atom. The van der Waals surface area contributed by atoms with Gasteiger partial charge in [-0.15, -0.1) is 0 Å². The van der Waals surface area contributed by atoms with Crippen molar-refractivity contribution in [2.24, 2.45) is 17.8 Å². The summed E-state index contributed by atoms with van der Waals surface area (Å²) in [5, 5.41) is 0.412. The summed E-state index contributed by atoms with van der Waals surface area (Å²) in [5.74, 6) is -3.10. The predicted octanol–water partition coefficient (Wildman–Crippen LogP) is 5.18. The molecule has 2 amide bonds. The Morgan fingerprint density at radius 3 is 2.39 bits per heavy atom. The quantitative estimate of drug-likeness (QED) is 0.282. The highest BCUT2D eigenvalue weighted by atomic mass is 35.5. The fraction of sp³-hybridized carbons (Fsp3) is 0.207. The molecule has 180 valence electrons. The lowest BCUT2D eigenvalue weighted by atomic mass is 9.64. The maximum absolute atomic E-state index is 13.9. The van der Waals surface area contributed by atoms with E-state index in [9.17, 15) is 14.4 Å². The van der Waals surface area contributed by atoms with Crippen molar-refractivity contribution in [2.75, 3.05) is 12.0 Å². The third kappa shape index (κ3) is 3.36. The molecule has 4 atom stereocenters. The minimum Gasteiger partial charge on any atom is -0.497 e. The number of aryl methyl sites for hydroxylation is 1. The molecular weight excluding hydrogens is 478 g/mol. The fourth-order valence-electron chi connectivity index (χ4n) is 5.69. The molecule has 0 N–H and O–H groups in total. The molecular formula is C29H22ClNO5. The van der Waals surface area contributed by atoms with Gasteiger partial charge in [0, 0.05) is 16.5 Å². The second-order valence-electron chi connectivity index (χ2n) is 9.36. The molecule has 7 heteroatoms. The lowest BCUT2D eigenvalue weighted by molar-refractivity contribution is -0.142. The number of carbonyl (C=O) groups is 3. The standard InChI is InChI=1S/C29H22ClNO5/c1-15-6-11-20-22-14-21(16-7-9-19(35-2)10-8-16)24-26(25(22)29(34)36-23(20)12-15)28(33)31(27(24)32)18-5-3-4-17(30)13-18/h3-14,21,24-26H,1-2H3/t21-,24+,25-,26-/m0/s1. The molecule has 0 saturated carbocycles. The van der Waals surface area contributed by atoms with Gasteiger partial charge in [0.2, 0.25) is 11.8 Å². The number of methoxy groups -OCH3 is 1. The lowest BCUT2D eigenvalue weighted by Crippen LogP contribution is -2.42. The van der Waals surface area contributed by atoms with E-state index >= 15 is 0 Å². The number of esters is 1. The molecule has 2 aliphatic heterocycles. The van der Waals surface area contributed by atoms with Crippen LogP contribution in [0.3, 0.4) is 0 Å². The number of carbonyl (C=O) groups excluding carboxylic acids is 3. The first-order valence-electron chi connectivity index (χ1n) is 11.7. The van der Waals surface area contributed by atoms with E-state index in [0.717, 1.165) is 22.3 Å². The Kier molecular flexibility index (Phi) is 5.23. The van der Waals surface area contributed by atoms with Crippen molar-refractivity contribution in [3.8, 4) is 11.5 Å². The number of hydrogen-bond acceptors (Lipinski definition) is 5. The molecule has 3 aliphatic rings. The monoisotopic (exact) mass is 499 g/mol. The molecule has 6 nitrogen and oxygen atoms in total. The van der Waals surface area contributed by atoms with Gasteiger partial charge in [-0.3, -0.25) is 14.4 Å². The molecule has 0 unspecified atom stereocenters. The van der Waals surface area contributed by atoms with E-state index in [-0.39, 0.29) is 5.91 Å². The van der Waals surface area contributed by atoms with Gasteiger partial charge in [-0.2, -0.15) is 0 Å². The molecule has 1 fully saturated rings. The van der Waals surface area contributed by atoms with E-state index in [1.165, 1.54) is 4.90 Å². The van der Waals surface area contributed by atoms with E-state index in [1.807, 2.05) is 55.5 Å². The van der Waals surface area contributed by atoms with E-state index in [2.05, 4.69) is 0 Å². The van der Waals surface area contributed by atoms with Crippen molar-refractivity contribution in [3.63, 3.8) is 0 Å². The van der Waals surface area contributed by atoms with Crippen LogP contribution in [0.4, 0.5) is 5.69 Å². The second kappa shape index (κ2) is 8.35. The number of allylic oxidation sites excluding steroid dienone is 1. The van der Waals surface area contributed by atoms with Crippen LogP contribution in [0.25, 0.3) is 5.57 Å². The van der Waals surface area contributed by atoms with E-state index in [0.29, 0.717) is 22.2 Å². The molecule has 0 bridgehead atoms. The Labute approximate surface area is 213 Å². The summed E-state index contributed by atoms with van der Waals surface area (Å²) >= 11 is 6.18. The number of amides is 2. The first kappa shape index (κ1) is 22.6. The molecule has 1 saturated heterocycles. The molecule has 3 aromatic carbocycles. The largest absolute Gasteiger partial charge is 0.497 e. The van der Waals surface area contributed by atoms with Gasteiger partial charge in [-0.1, -0.05) is 48.0 Å². The zero-order chi connectivity index (χ0) is 25.1. The molecule has 3 aromatic rings. The van der Waals surface area contributed by atoms with Gasteiger partial charge >= 0.3 is 5.97 Å². The minimum absolute atomic E-state index is 0.356. The Balaban J connectivity index is 1.54. The Bertz CT molecular complexity index is 1460. The van der Waals surface area contributed by atoms with Crippen LogP contribution in [0.15, 0.2) is 72.8 Å². The highest BCUT2D eigenvalue weighted by molar-refractivity contribution is 6.31. The first-order chi connectivity index (χ1) is 17.4. The smallest absolute Gasteiger partial charge is 0.319 e. The molecule has 2 heterocycles. The van der Waals surface area contributed by atoms with Crippen molar-refractivity contribution in [2.45, 2.75) is 12.8 Å². The summed E-state index contributed by atoms with van der Waals surface area (Å²) in [7, 11) is 1.59. The van der Waals surface area contributed by atoms with Gasteiger partial charge in [0.05, 0.1) is 30.6 Å². The number of rotatable bonds is 3. The predicted molar refractivity (Wildman–Crippen MR) is 135 cm³/mol. The van der Waals surface area contributed by atoms with Crippen molar-refractivity contribution >= 4 is 40.6 Å². The molecule has 36 heavy (non-hydrogen) atoms. The average Bonchev–Trinajstić information content (AvgIpc) is 3.13. The third-order valence-electron chi connectivity index (χ3n) is 7.32. The number of imide groups is 1. The van der Waals surface area contributed by atoms with Gasteiger partial charge in [-0.05, 0) is 60.0 Å². The average molecular weight is 500 g/mol. The number of benzene rings is 3. The summed E-state index contributed by atoms with van der Waals surface area (Å²) in [6.45, 7) is 1.92. The number of ether oxygens (including phenoxy) is 2. The van der Waals surface area contributed by atoms with Crippen LogP contribution in [0, 0.1) is 24.7 Å². The highest BCUT2D eigenvalue weighted by Crippen LogP contribution is 2.54. The summed E-state index contributed by atoms with van der Waals surface area (Å²) < 4.78 is 11.0. The number of hydrogen-bond donors (Lipinski definition) is 0. The fourth-order valence-corrected chi connectivity index (χ4v) is 5.87. The van der Waals surface area contributed by atoms with Gasteiger partial charge < -0.3 is 9.47 Å². The molecule has 0 aromatic heterocycles. The first-order valence-corrected chi connectivity index (χ1v) is 12.1. The summed E-state index contributed by atoms with van der Waals surface area (Å²) in [6.07, 6.45) is 1.97. The summed E-state index contributed by atoms with van der Waals surface area (Å²) in [4.78, 5) is 42.3. The normalized spacial score (nSPS) is 24.5. The van der Waals surface area contributed by atoms with Crippen LogP contribution in [-0.2, 0) is 14.4 Å². The van der Waals surface area contributed by atoms with Gasteiger partial charge in [0.25, 0.3) is 0 Å². The van der Waals surface area contributed by atoms with Crippen molar-refractivity contribution in [3.05, 3.63) is 94.5 Å². The van der Waals surface area contributed by atoms with Crippen LogP contribution < -0.4 is 14.4 Å². The van der Waals surface area contributed by atoms with E-state index < -0.39 is 35.5 Å². The maximum Gasteiger partial charge on any atom is 0.319 e.